The lowest BCUT2D eigenvalue weighted by Crippen LogP contribution is -2.72. The maximum absolute atomic E-state index is 13.2. The Kier molecular flexibility index (Phi) is 6.42. The van der Waals surface area contributed by atoms with Crippen LogP contribution in [0.3, 0.4) is 0 Å². The molecule has 0 saturated carbocycles. The summed E-state index contributed by atoms with van der Waals surface area (Å²) in [6, 6.07) is 13.9. The van der Waals surface area contributed by atoms with E-state index in [1.807, 2.05) is 24.0 Å². The molecule has 0 bridgehead atoms. The molecule has 4 rings (SSSR count). The Bertz CT molecular complexity index is 999. The van der Waals surface area contributed by atoms with Crippen molar-refractivity contribution in [1.29, 1.82) is 0 Å². The van der Waals surface area contributed by atoms with Crippen LogP contribution in [-0.4, -0.2) is 89.6 Å². The maximum atomic E-state index is 13.2. The summed E-state index contributed by atoms with van der Waals surface area (Å²) in [6.07, 6.45) is 0. The molecule has 0 radical (unpaired) electrons. The van der Waals surface area contributed by atoms with Crippen LogP contribution in [0.5, 0.6) is 5.75 Å². The molecule has 2 unspecified atom stereocenters. The molecule has 2 amide bonds. The van der Waals surface area contributed by atoms with E-state index >= 15 is 0 Å². The van der Waals surface area contributed by atoms with Crippen LogP contribution < -0.4 is 4.74 Å². The summed E-state index contributed by atoms with van der Waals surface area (Å²) < 4.78 is 5.37. The second-order valence-electron chi connectivity index (χ2n) is 8.65. The van der Waals surface area contributed by atoms with E-state index in [9.17, 15) is 14.7 Å². The Hall–Kier alpha value is -2.61. The molecule has 2 saturated heterocycles. The summed E-state index contributed by atoms with van der Waals surface area (Å²) in [5.74, 6) is 0.353. The molecule has 170 valence electrons. The van der Waals surface area contributed by atoms with Crippen molar-refractivity contribution in [3.05, 3.63) is 64.7 Å². The van der Waals surface area contributed by atoms with Crippen molar-refractivity contribution in [1.82, 2.24) is 14.7 Å². The number of aliphatic hydroxyl groups excluding tert-OH is 1. The number of piperazine rings is 2. The fourth-order valence-corrected chi connectivity index (χ4v) is 4.92. The predicted octanol–water partition coefficient (Wildman–Crippen LogP) is 2.38. The molecule has 1 N–H and O–H groups in total. The minimum absolute atomic E-state index is 0.0750. The lowest BCUT2D eigenvalue weighted by Gasteiger charge is -2.56. The fraction of sp³-hybridized carbons (Fsp3) is 0.417. The van der Waals surface area contributed by atoms with E-state index in [0.29, 0.717) is 54.6 Å². The molecule has 0 aliphatic carbocycles. The van der Waals surface area contributed by atoms with Crippen molar-refractivity contribution < 1.29 is 19.4 Å². The molecule has 2 aromatic rings. The molecule has 2 aliphatic rings. The fourth-order valence-electron chi connectivity index (χ4n) is 4.79. The number of halogens is 1. The van der Waals surface area contributed by atoms with E-state index in [4.69, 9.17) is 16.3 Å². The Morgan fingerprint density at radius 2 is 1.75 bits per heavy atom. The quantitative estimate of drug-likeness (QED) is 0.763. The average molecular weight is 458 g/mol. The number of methoxy groups -OCH3 is 1. The molecule has 2 aliphatic heterocycles. The maximum Gasteiger partial charge on any atom is 0.257 e. The number of benzene rings is 2. The second-order valence-corrected chi connectivity index (χ2v) is 9.08. The Balaban J connectivity index is 1.56. The smallest absolute Gasteiger partial charge is 0.257 e. The van der Waals surface area contributed by atoms with Crippen LogP contribution in [0.4, 0.5) is 0 Å². The van der Waals surface area contributed by atoms with Gasteiger partial charge in [-0.3, -0.25) is 14.5 Å². The molecular formula is C24H28ClN3O4. The van der Waals surface area contributed by atoms with Crippen molar-refractivity contribution in [2.75, 3.05) is 46.4 Å². The number of ether oxygens (including phenoxy) is 1. The number of carbonyl (C=O) groups is 2. The third-order valence-electron chi connectivity index (χ3n) is 6.48. The zero-order chi connectivity index (χ0) is 22.9. The minimum Gasteiger partial charge on any atom is -0.496 e. The Morgan fingerprint density at radius 1 is 1.06 bits per heavy atom. The molecule has 8 heteroatoms. The molecular weight excluding hydrogens is 430 g/mol. The van der Waals surface area contributed by atoms with Crippen LogP contribution >= 0.6 is 11.6 Å². The topological polar surface area (TPSA) is 73.3 Å². The van der Waals surface area contributed by atoms with E-state index < -0.39 is 5.54 Å². The van der Waals surface area contributed by atoms with Gasteiger partial charge in [-0.15, -0.1) is 0 Å². The highest BCUT2D eigenvalue weighted by Crippen LogP contribution is 2.30. The number of carbonyl (C=O) groups excluding carboxylic acids is 2. The van der Waals surface area contributed by atoms with Crippen LogP contribution in [0.25, 0.3) is 0 Å². The number of hydrogen-bond acceptors (Lipinski definition) is 5. The van der Waals surface area contributed by atoms with E-state index in [1.54, 1.807) is 48.4 Å². The zero-order valence-electron chi connectivity index (χ0n) is 18.3. The van der Waals surface area contributed by atoms with Gasteiger partial charge in [0.15, 0.2) is 0 Å². The van der Waals surface area contributed by atoms with Gasteiger partial charge in [0.1, 0.15) is 5.75 Å². The van der Waals surface area contributed by atoms with Crippen LogP contribution in [0.2, 0.25) is 5.02 Å². The molecule has 7 nitrogen and oxygen atoms in total. The first kappa shape index (κ1) is 22.6. The number of para-hydroxylation sites is 1. The third kappa shape index (κ3) is 4.20. The van der Waals surface area contributed by atoms with Crippen molar-refractivity contribution in [2.24, 2.45) is 0 Å². The molecule has 2 aromatic carbocycles. The summed E-state index contributed by atoms with van der Waals surface area (Å²) in [4.78, 5) is 32.3. The van der Waals surface area contributed by atoms with E-state index in [1.165, 1.54) is 0 Å². The number of amides is 2. The minimum atomic E-state index is -0.579. The van der Waals surface area contributed by atoms with E-state index in [2.05, 4.69) is 4.90 Å². The standard InChI is InChI=1S/C24H28ClN3O4/c1-24(16-29)15-27(22(30)17-7-9-18(25)10-8-17)14-19-13-26(11-12-28(19)24)23(31)20-5-3-4-6-21(20)32-2/h3-10,19,29H,11-16H2,1-2H3. The van der Waals surface area contributed by atoms with Gasteiger partial charge in [0.2, 0.25) is 0 Å². The predicted molar refractivity (Wildman–Crippen MR) is 122 cm³/mol. The SMILES string of the molecule is COc1ccccc1C(=O)N1CCN2C(CN(C(=O)c3ccc(Cl)cc3)CC2(C)CO)C1. The van der Waals surface area contributed by atoms with Gasteiger partial charge in [0, 0.05) is 49.4 Å². The number of aliphatic hydroxyl groups is 1. The van der Waals surface area contributed by atoms with Gasteiger partial charge in [-0.05, 0) is 43.3 Å². The van der Waals surface area contributed by atoms with E-state index in [0.717, 1.165) is 0 Å². The lowest BCUT2D eigenvalue weighted by molar-refractivity contribution is -0.0783. The first-order chi connectivity index (χ1) is 15.4. The monoisotopic (exact) mass is 457 g/mol. The summed E-state index contributed by atoms with van der Waals surface area (Å²) in [5, 5.41) is 10.8. The molecule has 32 heavy (non-hydrogen) atoms. The van der Waals surface area contributed by atoms with Gasteiger partial charge in [0.25, 0.3) is 11.8 Å². The zero-order valence-corrected chi connectivity index (χ0v) is 19.1. The van der Waals surface area contributed by atoms with Gasteiger partial charge in [0.05, 0.1) is 24.8 Å². The van der Waals surface area contributed by atoms with Crippen LogP contribution in [0.15, 0.2) is 48.5 Å². The lowest BCUT2D eigenvalue weighted by atomic mass is 9.91. The highest BCUT2D eigenvalue weighted by molar-refractivity contribution is 6.30. The van der Waals surface area contributed by atoms with Crippen LogP contribution in [0, 0.1) is 0 Å². The van der Waals surface area contributed by atoms with Crippen LogP contribution in [0.1, 0.15) is 27.6 Å². The largest absolute Gasteiger partial charge is 0.496 e. The van der Waals surface area contributed by atoms with Gasteiger partial charge in [-0.25, -0.2) is 0 Å². The first-order valence-corrected chi connectivity index (χ1v) is 11.1. The number of nitrogens with zero attached hydrogens (tertiary/aromatic N) is 3. The number of fused-ring (bicyclic) bond motifs is 1. The normalized spacial score (nSPS) is 23.6. The average Bonchev–Trinajstić information content (AvgIpc) is 2.83. The molecule has 2 fully saturated rings. The van der Waals surface area contributed by atoms with Gasteiger partial charge in [-0.1, -0.05) is 23.7 Å². The summed E-state index contributed by atoms with van der Waals surface area (Å²) in [5.41, 5.74) is 0.504. The second kappa shape index (κ2) is 9.10. The van der Waals surface area contributed by atoms with Gasteiger partial charge in [-0.2, -0.15) is 0 Å². The number of rotatable bonds is 4. The molecule has 2 atom stereocenters. The van der Waals surface area contributed by atoms with Crippen molar-refractivity contribution >= 4 is 23.4 Å². The van der Waals surface area contributed by atoms with Crippen molar-refractivity contribution in [2.45, 2.75) is 18.5 Å². The van der Waals surface area contributed by atoms with Crippen molar-refractivity contribution in [3.8, 4) is 5.75 Å². The number of hydrogen-bond donors (Lipinski definition) is 1. The van der Waals surface area contributed by atoms with Crippen LogP contribution in [-0.2, 0) is 0 Å². The Labute approximate surface area is 193 Å². The summed E-state index contributed by atoms with van der Waals surface area (Å²) >= 11 is 5.97. The van der Waals surface area contributed by atoms with Gasteiger partial charge >= 0.3 is 0 Å². The molecule has 0 spiro atoms. The summed E-state index contributed by atoms with van der Waals surface area (Å²) in [7, 11) is 1.55. The van der Waals surface area contributed by atoms with E-state index in [-0.39, 0.29) is 24.5 Å². The molecule has 0 aromatic heterocycles. The highest BCUT2D eigenvalue weighted by Gasteiger charge is 2.47. The van der Waals surface area contributed by atoms with Crippen molar-refractivity contribution in [3.63, 3.8) is 0 Å². The molecule has 2 heterocycles. The summed E-state index contributed by atoms with van der Waals surface area (Å²) in [6.45, 7) is 4.44. The Morgan fingerprint density at radius 3 is 2.44 bits per heavy atom. The third-order valence-corrected chi connectivity index (χ3v) is 6.73. The highest BCUT2D eigenvalue weighted by atomic mass is 35.5. The first-order valence-electron chi connectivity index (χ1n) is 10.7. The van der Waals surface area contributed by atoms with Gasteiger partial charge < -0.3 is 19.6 Å².